The second kappa shape index (κ2) is 6.10. The fourth-order valence-corrected chi connectivity index (χ4v) is 3.83. The monoisotopic (exact) mass is 385 g/mol. The van der Waals surface area contributed by atoms with Crippen LogP contribution in [0.4, 0.5) is 5.69 Å². The van der Waals surface area contributed by atoms with Crippen molar-refractivity contribution in [1.29, 1.82) is 0 Å². The van der Waals surface area contributed by atoms with Gasteiger partial charge in [-0.2, -0.15) is 0 Å². The van der Waals surface area contributed by atoms with E-state index in [1.165, 1.54) is 30.3 Å². The topological polar surface area (TPSA) is 66.4 Å². The summed E-state index contributed by atoms with van der Waals surface area (Å²) < 4.78 is 26.8. The number of rotatable bonds is 3. The van der Waals surface area contributed by atoms with Crippen LogP contribution >= 0.6 is 46.4 Å². The highest BCUT2D eigenvalue weighted by atomic mass is 35.5. The summed E-state index contributed by atoms with van der Waals surface area (Å²) in [4.78, 5) is -0.145. The van der Waals surface area contributed by atoms with E-state index in [-0.39, 0.29) is 31.4 Å². The average Bonchev–Trinajstić information content (AvgIpc) is 2.34. The van der Waals surface area contributed by atoms with Gasteiger partial charge in [0, 0.05) is 5.02 Å². The molecule has 0 aliphatic rings. The summed E-state index contributed by atoms with van der Waals surface area (Å²) in [5.74, 6) is -0.328. The largest absolute Gasteiger partial charge is 0.505 e. The number of anilines is 1. The molecule has 0 amide bonds. The second-order valence-electron chi connectivity index (χ2n) is 3.97. The van der Waals surface area contributed by atoms with Gasteiger partial charge >= 0.3 is 0 Å². The van der Waals surface area contributed by atoms with E-state index < -0.39 is 10.0 Å². The maximum atomic E-state index is 12.3. The summed E-state index contributed by atoms with van der Waals surface area (Å²) in [6, 6.07) is 6.44. The SMILES string of the molecule is O=S(=O)(Nc1cc(Cl)c(O)c(Cl)c1)c1ccc(Cl)cc1Cl. The molecule has 21 heavy (non-hydrogen) atoms. The van der Waals surface area contributed by atoms with Crippen LogP contribution in [-0.2, 0) is 10.0 Å². The number of sulfonamides is 1. The Kier molecular flexibility index (Phi) is 4.80. The third kappa shape index (κ3) is 3.67. The number of hydrogen-bond donors (Lipinski definition) is 2. The third-order valence-electron chi connectivity index (χ3n) is 2.45. The summed E-state index contributed by atoms with van der Waals surface area (Å²) in [7, 11) is -3.95. The number of phenolic OH excluding ortho intramolecular Hbond substituents is 1. The molecule has 0 fully saturated rings. The Morgan fingerprint density at radius 3 is 2.00 bits per heavy atom. The van der Waals surface area contributed by atoms with E-state index in [0.717, 1.165) is 0 Å². The molecule has 0 saturated carbocycles. The van der Waals surface area contributed by atoms with Crippen LogP contribution in [0.1, 0.15) is 0 Å². The van der Waals surface area contributed by atoms with Crippen molar-refractivity contribution in [1.82, 2.24) is 0 Å². The van der Waals surface area contributed by atoms with E-state index in [1.54, 1.807) is 0 Å². The quantitative estimate of drug-likeness (QED) is 0.744. The summed E-state index contributed by atoms with van der Waals surface area (Å²) in [5.41, 5.74) is 0.0915. The van der Waals surface area contributed by atoms with Crippen molar-refractivity contribution in [3.63, 3.8) is 0 Å². The van der Waals surface area contributed by atoms with E-state index in [2.05, 4.69) is 4.72 Å². The van der Waals surface area contributed by atoms with Crippen molar-refractivity contribution in [3.05, 3.63) is 50.4 Å². The zero-order chi connectivity index (χ0) is 15.8. The van der Waals surface area contributed by atoms with Crippen molar-refractivity contribution < 1.29 is 13.5 Å². The fourth-order valence-electron chi connectivity index (χ4n) is 1.53. The Hall–Kier alpha value is -0.850. The maximum Gasteiger partial charge on any atom is 0.263 e. The Balaban J connectivity index is 2.42. The number of benzene rings is 2. The lowest BCUT2D eigenvalue weighted by molar-refractivity contribution is 0.476. The van der Waals surface area contributed by atoms with Gasteiger partial charge in [0.1, 0.15) is 4.90 Å². The summed E-state index contributed by atoms with van der Waals surface area (Å²) in [5, 5.41) is 9.57. The zero-order valence-electron chi connectivity index (χ0n) is 10.1. The second-order valence-corrected chi connectivity index (χ2v) is 7.28. The normalized spacial score (nSPS) is 11.4. The lowest BCUT2D eigenvalue weighted by Gasteiger charge is -2.11. The Bertz CT molecular complexity index is 785. The van der Waals surface area contributed by atoms with Crippen LogP contribution in [0.25, 0.3) is 0 Å². The van der Waals surface area contributed by atoms with Crippen LogP contribution in [0, 0.1) is 0 Å². The standard InChI is InChI=1S/C12H7Cl4NO3S/c13-6-1-2-11(8(14)3-6)21(19,20)17-7-4-9(15)12(18)10(16)5-7/h1-5,17-18H. The number of hydrogen-bond acceptors (Lipinski definition) is 3. The summed E-state index contributed by atoms with van der Waals surface area (Å²) in [6.07, 6.45) is 0. The van der Waals surface area contributed by atoms with Gasteiger partial charge in [-0.05, 0) is 30.3 Å². The summed E-state index contributed by atoms with van der Waals surface area (Å²) >= 11 is 23.1. The van der Waals surface area contributed by atoms with Gasteiger partial charge in [-0.25, -0.2) is 8.42 Å². The van der Waals surface area contributed by atoms with Crippen LogP contribution in [0.3, 0.4) is 0 Å². The molecule has 0 aromatic heterocycles. The molecule has 0 spiro atoms. The average molecular weight is 387 g/mol. The first-order valence-corrected chi connectivity index (χ1v) is 8.36. The van der Waals surface area contributed by atoms with E-state index >= 15 is 0 Å². The Morgan fingerprint density at radius 1 is 0.905 bits per heavy atom. The fraction of sp³-hybridized carbons (Fsp3) is 0. The van der Waals surface area contributed by atoms with Gasteiger partial charge in [-0.3, -0.25) is 4.72 Å². The zero-order valence-corrected chi connectivity index (χ0v) is 13.9. The van der Waals surface area contributed by atoms with E-state index in [1.807, 2.05) is 0 Å². The van der Waals surface area contributed by atoms with Crippen molar-refractivity contribution >= 4 is 62.1 Å². The highest BCUT2D eigenvalue weighted by Gasteiger charge is 2.19. The number of aromatic hydroxyl groups is 1. The molecular formula is C12H7Cl4NO3S. The van der Waals surface area contributed by atoms with Crippen LogP contribution in [0.2, 0.25) is 20.1 Å². The molecule has 9 heteroatoms. The molecule has 0 bridgehead atoms. The molecule has 4 nitrogen and oxygen atoms in total. The number of nitrogens with one attached hydrogen (secondary N) is 1. The smallest absolute Gasteiger partial charge is 0.263 e. The molecule has 0 aliphatic heterocycles. The van der Waals surface area contributed by atoms with Crippen LogP contribution in [0.15, 0.2) is 35.2 Å². The molecule has 0 unspecified atom stereocenters. The molecule has 0 radical (unpaired) electrons. The predicted octanol–water partition coefficient (Wildman–Crippen LogP) is 4.81. The Morgan fingerprint density at radius 2 is 1.48 bits per heavy atom. The number of halogens is 4. The molecular weight excluding hydrogens is 380 g/mol. The van der Waals surface area contributed by atoms with E-state index in [4.69, 9.17) is 46.4 Å². The maximum absolute atomic E-state index is 12.3. The van der Waals surface area contributed by atoms with Gasteiger partial charge in [0.25, 0.3) is 10.0 Å². The lowest BCUT2D eigenvalue weighted by Crippen LogP contribution is -2.13. The molecule has 2 aromatic carbocycles. The van der Waals surface area contributed by atoms with Gasteiger partial charge in [0.15, 0.2) is 5.75 Å². The molecule has 2 aromatic rings. The summed E-state index contributed by atoms with van der Waals surface area (Å²) in [6.45, 7) is 0. The van der Waals surface area contributed by atoms with Crippen molar-refractivity contribution in [2.75, 3.05) is 4.72 Å². The highest BCUT2D eigenvalue weighted by Crippen LogP contribution is 2.35. The van der Waals surface area contributed by atoms with Gasteiger partial charge in [0.2, 0.25) is 0 Å². The molecule has 0 atom stereocenters. The van der Waals surface area contributed by atoms with E-state index in [0.29, 0.717) is 5.02 Å². The molecule has 2 rings (SSSR count). The molecule has 0 saturated heterocycles. The van der Waals surface area contributed by atoms with Crippen molar-refractivity contribution in [2.24, 2.45) is 0 Å². The van der Waals surface area contributed by atoms with Gasteiger partial charge in [0.05, 0.1) is 20.8 Å². The van der Waals surface area contributed by atoms with Crippen LogP contribution < -0.4 is 4.72 Å². The van der Waals surface area contributed by atoms with Gasteiger partial charge in [-0.15, -0.1) is 0 Å². The molecule has 0 aliphatic carbocycles. The highest BCUT2D eigenvalue weighted by molar-refractivity contribution is 7.92. The minimum atomic E-state index is -3.95. The first-order valence-electron chi connectivity index (χ1n) is 5.36. The molecule has 2 N–H and O–H groups in total. The molecule has 112 valence electrons. The third-order valence-corrected chi connectivity index (χ3v) is 5.13. The Labute approximate surface area is 141 Å². The van der Waals surface area contributed by atoms with Gasteiger partial charge in [-0.1, -0.05) is 46.4 Å². The molecule has 0 heterocycles. The lowest BCUT2D eigenvalue weighted by atomic mass is 10.3. The van der Waals surface area contributed by atoms with E-state index in [9.17, 15) is 13.5 Å². The van der Waals surface area contributed by atoms with Gasteiger partial charge < -0.3 is 5.11 Å². The van der Waals surface area contributed by atoms with Crippen LogP contribution in [-0.4, -0.2) is 13.5 Å². The minimum absolute atomic E-state index is 0.0222. The number of phenols is 1. The predicted molar refractivity (Wildman–Crippen MR) is 85.4 cm³/mol. The van der Waals surface area contributed by atoms with Crippen LogP contribution in [0.5, 0.6) is 5.75 Å². The van der Waals surface area contributed by atoms with Crippen molar-refractivity contribution in [2.45, 2.75) is 4.90 Å². The first kappa shape index (κ1) is 16.5. The first-order chi connectivity index (χ1) is 9.70. The van der Waals surface area contributed by atoms with Crippen molar-refractivity contribution in [3.8, 4) is 5.75 Å². The minimum Gasteiger partial charge on any atom is -0.505 e.